The Bertz CT molecular complexity index is 331. The number of aromatic nitrogens is 2. The Kier molecular flexibility index (Phi) is 5.13. The second-order valence-corrected chi connectivity index (χ2v) is 2.92. The molecule has 88 valence electrons. The number of methoxy groups -OCH3 is 1. The van der Waals surface area contributed by atoms with Gasteiger partial charge in [-0.05, 0) is 0 Å². The van der Waals surface area contributed by atoms with Gasteiger partial charge in [0, 0.05) is 13.7 Å². The van der Waals surface area contributed by atoms with Crippen molar-refractivity contribution in [2.75, 3.05) is 32.1 Å². The van der Waals surface area contributed by atoms with Crippen molar-refractivity contribution >= 4 is 11.9 Å². The lowest BCUT2D eigenvalue weighted by Crippen LogP contribution is -2.32. The van der Waals surface area contributed by atoms with Gasteiger partial charge in [-0.15, -0.1) is 0 Å². The number of nitrogens with one attached hydrogen (secondary N) is 2. The summed E-state index contributed by atoms with van der Waals surface area (Å²) in [4.78, 5) is 18.5. The molecular formula is C9H13FN4O2. The third-order valence-corrected chi connectivity index (χ3v) is 1.66. The molecule has 0 saturated heterocycles. The van der Waals surface area contributed by atoms with Crippen LogP contribution in [0.2, 0.25) is 0 Å². The molecule has 0 fully saturated rings. The maximum atomic E-state index is 12.4. The number of halogens is 1. The molecule has 2 N–H and O–H groups in total. The number of ether oxygens (including phenoxy) is 1. The Balaban J connectivity index is 2.23. The topological polar surface area (TPSA) is 76.1 Å². The van der Waals surface area contributed by atoms with Gasteiger partial charge in [0.15, 0.2) is 5.82 Å². The highest BCUT2D eigenvalue weighted by atomic mass is 19.1. The van der Waals surface area contributed by atoms with Crippen LogP contribution in [0.3, 0.4) is 0 Å². The van der Waals surface area contributed by atoms with Crippen LogP contribution in [0, 0.1) is 5.82 Å². The van der Waals surface area contributed by atoms with E-state index in [0.29, 0.717) is 13.2 Å². The summed E-state index contributed by atoms with van der Waals surface area (Å²) in [7, 11) is 1.55. The number of amides is 1. The molecule has 0 aliphatic heterocycles. The highest BCUT2D eigenvalue weighted by molar-refractivity contribution is 5.80. The SMILES string of the molecule is COCCNC(=O)CNc1ncc(F)cn1. The quantitative estimate of drug-likeness (QED) is 0.659. The zero-order valence-corrected chi connectivity index (χ0v) is 8.86. The highest BCUT2D eigenvalue weighted by Crippen LogP contribution is 1.96. The van der Waals surface area contributed by atoms with E-state index < -0.39 is 5.82 Å². The Morgan fingerprint density at radius 2 is 2.19 bits per heavy atom. The molecule has 0 atom stereocenters. The first-order valence-corrected chi connectivity index (χ1v) is 4.69. The summed E-state index contributed by atoms with van der Waals surface area (Å²) in [6.45, 7) is 0.940. The Morgan fingerprint density at radius 3 is 2.81 bits per heavy atom. The van der Waals surface area contributed by atoms with Crippen molar-refractivity contribution in [2.24, 2.45) is 0 Å². The Hall–Kier alpha value is -1.76. The van der Waals surface area contributed by atoms with Gasteiger partial charge in [0.05, 0.1) is 25.5 Å². The summed E-state index contributed by atoms with van der Waals surface area (Å²) >= 11 is 0. The zero-order chi connectivity index (χ0) is 11.8. The number of carbonyl (C=O) groups excluding carboxylic acids is 1. The predicted octanol–water partition coefficient (Wildman–Crippen LogP) is -0.210. The van der Waals surface area contributed by atoms with Crippen LogP contribution in [-0.2, 0) is 9.53 Å². The van der Waals surface area contributed by atoms with Crippen molar-refractivity contribution in [3.05, 3.63) is 18.2 Å². The van der Waals surface area contributed by atoms with Gasteiger partial charge < -0.3 is 15.4 Å². The first kappa shape index (κ1) is 12.3. The van der Waals surface area contributed by atoms with Crippen molar-refractivity contribution in [2.45, 2.75) is 0 Å². The molecule has 1 aromatic rings. The number of hydrogen-bond acceptors (Lipinski definition) is 5. The van der Waals surface area contributed by atoms with Gasteiger partial charge in [0.2, 0.25) is 11.9 Å². The first-order valence-electron chi connectivity index (χ1n) is 4.69. The summed E-state index contributed by atoms with van der Waals surface area (Å²) in [6, 6.07) is 0. The van der Waals surface area contributed by atoms with Crippen LogP contribution in [0.1, 0.15) is 0 Å². The molecule has 0 aliphatic rings. The van der Waals surface area contributed by atoms with Crippen LogP contribution < -0.4 is 10.6 Å². The molecule has 1 aromatic heterocycles. The normalized spacial score (nSPS) is 9.88. The summed E-state index contributed by atoms with van der Waals surface area (Å²) < 4.78 is 17.2. The van der Waals surface area contributed by atoms with E-state index in [4.69, 9.17) is 4.74 Å². The van der Waals surface area contributed by atoms with Gasteiger partial charge in [-0.3, -0.25) is 4.79 Å². The second kappa shape index (κ2) is 6.67. The molecule has 0 aromatic carbocycles. The fraction of sp³-hybridized carbons (Fsp3) is 0.444. The lowest BCUT2D eigenvalue weighted by molar-refractivity contribution is -0.119. The van der Waals surface area contributed by atoms with Gasteiger partial charge in [0.25, 0.3) is 0 Å². The lowest BCUT2D eigenvalue weighted by Gasteiger charge is -2.05. The van der Waals surface area contributed by atoms with Crippen LogP contribution in [0.25, 0.3) is 0 Å². The van der Waals surface area contributed by atoms with Gasteiger partial charge in [-0.25, -0.2) is 14.4 Å². The molecular weight excluding hydrogens is 215 g/mol. The summed E-state index contributed by atoms with van der Waals surface area (Å²) in [5, 5.41) is 5.27. The minimum Gasteiger partial charge on any atom is -0.383 e. The van der Waals surface area contributed by atoms with Crippen LogP contribution in [0.5, 0.6) is 0 Å². The molecule has 1 heterocycles. The minimum absolute atomic E-state index is 0.0371. The van der Waals surface area contributed by atoms with Crippen LogP contribution in [-0.4, -0.2) is 42.7 Å². The van der Waals surface area contributed by atoms with Gasteiger partial charge in [-0.2, -0.15) is 0 Å². The van der Waals surface area contributed by atoms with Crippen LogP contribution >= 0.6 is 0 Å². The molecule has 0 aliphatic carbocycles. The monoisotopic (exact) mass is 228 g/mol. The molecule has 0 saturated carbocycles. The number of rotatable bonds is 6. The van der Waals surface area contributed by atoms with Crippen molar-refractivity contribution in [3.8, 4) is 0 Å². The number of hydrogen-bond donors (Lipinski definition) is 2. The molecule has 7 heteroatoms. The molecule has 0 bridgehead atoms. The maximum Gasteiger partial charge on any atom is 0.239 e. The van der Waals surface area contributed by atoms with Gasteiger partial charge >= 0.3 is 0 Å². The average molecular weight is 228 g/mol. The third-order valence-electron chi connectivity index (χ3n) is 1.66. The van der Waals surface area contributed by atoms with Crippen LogP contribution in [0.4, 0.5) is 10.3 Å². The molecule has 1 rings (SSSR count). The van der Waals surface area contributed by atoms with E-state index in [1.165, 1.54) is 0 Å². The average Bonchev–Trinajstić information content (AvgIpc) is 2.29. The van der Waals surface area contributed by atoms with E-state index in [0.717, 1.165) is 12.4 Å². The fourth-order valence-corrected chi connectivity index (χ4v) is 0.918. The van der Waals surface area contributed by atoms with E-state index >= 15 is 0 Å². The maximum absolute atomic E-state index is 12.4. The zero-order valence-electron chi connectivity index (χ0n) is 8.86. The van der Waals surface area contributed by atoms with Crippen molar-refractivity contribution in [1.29, 1.82) is 0 Å². The summed E-state index contributed by atoms with van der Waals surface area (Å²) in [5.41, 5.74) is 0. The largest absolute Gasteiger partial charge is 0.383 e. The number of carbonyl (C=O) groups is 1. The summed E-state index contributed by atoms with van der Waals surface area (Å²) in [6.07, 6.45) is 2.05. The first-order chi connectivity index (χ1) is 7.72. The van der Waals surface area contributed by atoms with E-state index in [1.54, 1.807) is 7.11 Å². The van der Waals surface area contributed by atoms with E-state index in [1.807, 2.05) is 0 Å². The standard InChI is InChI=1S/C9H13FN4O2/c1-16-3-2-11-8(15)6-14-9-12-4-7(10)5-13-9/h4-5H,2-3,6H2,1H3,(H,11,15)(H,12,13,14). The van der Waals surface area contributed by atoms with Gasteiger partial charge in [0.1, 0.15) is 0 Å². The molecule has 0 unspecified atom stereocenters. The van der Waals surface area contributed by atoms with Crippen molar-refractivity contribution in [1.82, 2.24) is 15.3 Å². The number of anilines is 1. The molecule has 6 nitrogen and oxygen atoms in total. The lowest BCUT2D eigenvalue weighted by atomic mass is 10.5. The van der Waals surface area contributed by atoms with E-state index in [9.17, 15) is 9.18 Å². The second-order valence-electron chi connectivity index (χ2n) is 2.92. The van der Waals surface area contributed by atoms with E-state index in [-0.39, 0.29) is 18.4 Å². The smallest absolute Gasteiger partial charge is 0.239 e. The predicted molar refractivity (Wildman–Crippen MR) is 55.4 cm³/mol. The fourth-order valence-electron chi connectivity index (χ4n) is 0.918. The minimum atomic E-state index is -0.518. The number of nitrogens with zero attached hydrogens (tertiary/aromatic N) is 2. The molecule has 0 radical (unpaired) electrons. The molecule has 0 spiro atoms. The van der Waals surface area contributed by atoms with Crippen LogP contribution in [0.15, 0.2) is 12.4 Å². The Labute approximate surface area is 92.2 Å². The van der Waals surface area contributed by atoms with Crippen molar-refractivity contribution < 1.29 is 13.9 Å². The Morgan fingerprint density at radius 1 is 1.50 bits per heavy atom. The van der Waals surface area contributed by atoms with E-state index in [2.05, 4.69) is 20.6 Å². The molecule has 1 amide bonds. The molecule has 16 heavy (non-hydrogen) atoms. The summed E-state index contributed by atoms with van der Waals surface area (Å²) in [5.74, 6) is -0.511. The third kappa shape index (κ3) is 4.65. The van der Waals surface area contributed by atoms with Gasteiger partial charge in [-0.1, -0.05) is 0 Å². The highest BCUT2D eigenvalue weighted by Gasteiger charge is 2.01. The van der Waals surface area contributed by atoms with Crippen molar-refractivity contribution in [3.63, 3.8) is 0 Å².